The lowest BCUT2D eigenvalue weighted by molar-refractivity contribution is -0.140. The second kappa shape index (κ2) is 7.71. The molecule has 1 fully saturated rings. The van der Waals surface area contributed by atoms with Crippen molar-refractivity contribution in [3.63, 3.8) is 0 Å². The molecule has 0 spiro atoms. The lowest BCUT2D eigenvalue weighted by Crippen LogP contribution is -2.41. The van der Waals surface area contributed by atoms with Gasteiger partial charge in [0.15, 0.2) is 0 Å². The zero-order valence-corrected chi connectivity index (χ0v) is 13.2. The van der Waals surface area contributed by atoms with Gasteiger partial charge in [0.05, 0.1) is 5.75 Å². The number of likely N-dealkylation sites (tertiary alicyclic amines) is 1. The fourth-order valence-electron chi connectivity index (χ4n) is 2.47. The predicted molar refractivity (Wildman–Crippen MR) is 83.7 cm³/mol. The molecule has 1 aromatic rings. The van der Waals surface area contributed by atoms with E-state index >= 15 is 0 Å². The van der Waals surface area contributed by atoms with Gasteiger partial charge in [-0.2, -0.15) is 0 Å². The van der Waals surface area contributed by atoms with Crippen molar-refractivity contribution in [2.24, 2.45) is 5.92 Å². The predicted octanol–water partition coefficient (Wildman–Crippen LogP) is 3.15. The maximum absolute atomic E-state index is 12.2. The van der Waals surface area contributed by atoms with Crippen LogP contribution in [0.1, 0.15) is 19.3 Å². The van der Waals surface area contributed by atoms with Gasteiger partial charge >= 0.3 is 5.97 Å². The van der Waals surface area contributed by atoms with Gasteiger partial charge in [-0.25, -0.2) is 0 Å². The Morgan fingerprint density at radius 1 is 1.33 bits per heavy atom. The van der Waals surface area contributed by atoms with Gasteiger partial charge < -0.3 is 10.0 Å². The molecule has 1 N–H and O–H groups in total. The first kappa shape index (κ1) is 16.2. The lowest BCUT2D eigenvalue weighted by atomic mass is 9.95. The second-order valence-electron chi connectivity index (χ2n) is 5.19. The Hall–Kier alpha value is -1.20. The smallest absolute Gasteiger partial charge is 0.303 e. The summed E-state index contributed by atoms with van der Waals surface area (Å²) in [6.45, 7) is 1.29. The molecule has 1 aromatic carbocycles. The van der Waals surface area contributed by atoms with Gasteiger partial charge in [-0.1, -0.05) is 11.6 Å². The highest BCUT2D eigenvalue weighted by atomic mass is 35.5. The minimum Gasteiger partial charge on any atom is -0.481 e. The molecule has 6 heteroatoms. The number of hydrogen-bond donors (Lipinski definition) is 1. The van der Waals surface area contributed by atoms with Gasteiger partial charge in [0.1, 0.15) is 0 Å². The molecule has 1 unspecified atom stereocenters. The Morgan fingerprint density at radius 2 is 2.05 bits per heavy atom. The molecule has 1 amide bonds. The molecule has 4 nitrogen and oxygen atoms in total. The second-order valence-corrected chi connectivity index (χ2v) is 6.67. The van der Waals surface area contributed by atoms with Crippen LogP contribution < -0.4 is 0 Å². The largest absolute Gasteiger partial charge is 0.481 e. The molecular weight excluding hydrogens is 310 g/mol. The Kier molecular flexibility index (Phi) is 5.94. The summed E-state index contributed by atoms with van der Waals surface area (Å²) in [6, 6.07) is 7.39. The third-order valence-corrected chi connectivity index (χ3v) is 4.76. The molecule has 0 aliphatic carbocycles. The fraction of sp³-hybridized carbons (Fsp3) is 0.467. The van der Waals surface area contributed by atoms with Crippen LogP contribution in [0.25, 0.3) is 0 Å². The number of hydrogen-bond acceptors (Lipinski definition) is 3. The normalized spacial score (nSPS) is 18.5. The summed E-state index contributed by atoms with van der Waals surface area (Å²) >= 11 is 7.30. The number of thioether (sulfide) groups is 1. The fourth-order valence-corrected chi connectivity index (χ4v) is 3.40. The van der Waals surface area contributed by atoms with E-state index in [0.29, 0.717) is 17.3 Å². The first-order valence-corrected chi connectivity index (χ1v) is 8.29. The molecule has 0 aromatic heterocycles. The third kappa shape index (κ3) is 5.25. The van der Waals surface area contributed by atoms with Crippen molar-refractivity contribution in [1.82, 2.24) is 4.90 Å². The van der Waals surface area contributed by atoms with Crippen LogP contribution in [0.4, 0.5) is 0 Å². The molecule has 1 aliphatic heterocycles. The standard InChI is InChI=1S/C15H18ClNO3S/c16-12-3-5-13(6-4-12)21-10-14(18)17-7-1-2-11(9-17)8-15(19)20/h3-6,11H,1-2,7-10H2,(H,19,20). The quantitative estimate of drug-likeness (QED) is 0.844. The van der Waals surface area contributed by atoms with Gasteiger partial charge in [-0.15, -0.1) is 11.8 Å². The molecule has 0 saturated carbocycles. The average Bonchev–Trinajstić information content (AvgIpc) is 2.46. The Balaban J connectivity index is 1.82. The first-order chi connectivity index (χ1) is 10.0. The van der Waals surface area contributed by atoms with Gasteiger partial charge in [0.2, 0.25) is 5.91 Å². The molecule has 0 radical (unpaired) electrons. The van der Waals surface area contributed by atoms with Gasteiger partial charge in [0.25, 0.3) is 0 Å². The molecule has 1 aliphatic rings. The van der Waals surface area contributed by atoms with E-state index in [1.165, 1.54) is 11.8 Å². The van der Waals surface area contributed by atoms with E-state index in [4.69, 9.17) is 16.7 Å². The number of piperidine rings is 1. The highest BCUT2D eigenvalue weighted by Gasteiger charge is 2.25. The van der Waals surface area contributed by atoms with Crippen molar-refractivity contribution in [3.8, 4) is 0 Å². The number of benzene rings is 1. The monoisotopic (exact) mass is 327 g/mol. The highest BCUT2D eigenvalue weighted by molar-refractivity contribution is 8.00. The van der Waals surface area contributed by atoms with Crippen LogP contribution in [0.3, 0.4) is 0 Å². The zero-order valence-electron chi connectivity index (χ0n) is 11.6. The summed E-state index contributed by atoms with van der Waals surface area (Å²) in [7, 11) is 0. The van der Waals surface area contributed by atoms with Crippen molar-refractivity contribution in [1.29, 1.82) is 0 Å². The summed E-state index contributed by atoms with van der Waals surface area (Å²) in [5.74, 6) is -0.253. The van der Waals surface area contributed by atoms with Gasteiger partial charge in [-0.05, 0) is 43.0 Å². The summed E-state index contributed by atoms with van der Waals surface area (Å²) in [5.41, 5.74) is 0. The Morgan fingerprint density at radius 3 is 2.71 bits per heavy atom. The molecule has 2 rings (SSSR count). The van der Waals surface area contributed by atoms with Crippen molar-refractivity contribution in [3.05, 3.63) is 29.3 Å². The van der Waals surface area contributed by atoms with Crippen LogP contribution in [0.5, 0.6) is 0 Å². The number of carboxylic acid groups (broad SMARTS) is 1. The molecule has 1 saturated heterocycles. The van der Waals surface area contributed by atoms with Crippen LogP contribution >= 0.6 is 23.4 Å². The van der Waals surface area contributed by atoms with E-state index in [2.05, 4.69) is 0 Å². The number of carboxylic acids is 1. The number of amides is 1. The van der Waals surface area contributed by atoms with Crippen LogP contribution in [-0.4, -0.2) is 40.7 Å². The van der Waals surface area contributed by atoms with Crippen LogP contribution in [0, 0.1) is 5.92 Å². The molecule has 1 heterocycles. The van der Waals surface area contributed by atoms with E-state index in [9.17, 15) is 9.59 Å². The van der Waals surface area contributed by atoms with E-state index in [-0.39, 0.29) is 18.2 Å². The third-order valence-electron chi connectivity index (χ3n) is 3.51. The number of nitrogens with zero attached hydrogens (tertiary/aromatic N) is 1. The summed E-state index contributed by atoms with van der Waals surface area (Å²) in [6.07, 6.45) is 1.92. The SMILES string of the molecule is O=C(O)CC1CCCN(C(=O)CSc2ccc(Cl)cc2)C1. The van der Waals surface area contributed by atoms with E-state index < -0.39 is 5.97 Å². The van der Waals surface area contributed by atoms with Crippen LogP contribution in [0.2, 0.25) is 5.02 Å². The number of rotatable bonds is 5. The Bertz CT molecular complexity index is 506. The minimum absolute atomic E-state index is 0.0741. The summed E-state index contributed by atoms with van der Waals surface area (Å²) < 4.78 is 0. The number of carbonyl (C=O) groups is 2. The first-order valence-electron chi connectivity index (χ1n) is 6.92. The van der Waals surface area contributed by atoms with Gasteiger partial charge in [-0.3, -0.25) is 9.59 Å². The van der Waals surface area contributed by atoms with Gasteiger partial charge in [0, 0.05) is 29.4 Å². The molecule has 0 bridgehead atoms. The number of carbonyl (C=O) groups excluding carboxylic acids is 1. The van der Waals surface area contributed by atoms with Crippen molar-refractivity contribution < 1.29 is 14.7 Å². The van der Waals surface area contributed by atoms with Crippen LogP contribution in [0.15, 0.2) is 29.2 Å². The molecule has 1 atom stereocenters. The number of aliphatic carboxylic acids is 1. The van der Waals surface area contributed by atoms with Crippen LogP contribution in [-0.2, 0) is 9.59 Å². The van der Waals surface area contributed by atoms with Crippen molar-refractivity contribution in [2.75, 3.05) is 18.8 Å². The molecular formula is C15H18ClNO3S. The maximum atomic E-state index is 12.2. The zero-order chi connectivity index (χ0) is 15.2. The van der Waals surface area contributed by atoms with Crippen molar-refractivity contribution in [2.45, 2.75) is 24.2 Å². The van der Waals surface area contributed by atoms with Crippen molar-refractivity contribution >= 4 is 35.2 Å². The van der Waals surface area contributed by atoms with E-state index in [0.717, 1.165) is 24.3 Å². The number of halogens is 1. The summed E-state index contributed by atoms with van der Waals surface area (Å²) in [5, 5.41) is 9.53. The van der Waals surface area contributed by atoms with E-state index in [1.807, 2.05) is 12.1 Å². The average molecular weight is 328 g/mol. The van der Waals surface area contributed by atoms with E-state index in [1.54, 1.807) is 17.0 Å². The Labute approximate surface area is 133 Å². The summed E-state index contributed by atoms with van der Waals surface area (Å²) in [4.78, 5) is 25.8. The topological polar surface area (TPSA) is 57.6 Å². The lowest BCUT2D eigenvalue weighted by Gasteiger charge is -2.32. The molecule has 114 valence electrons. The molecule has 21 heavy (non-hydrogen) atoms. The minimum atomic E-state index is -0.787. The maximum Gasteiger partial charge on any atom is 0.303 e. The highest BCUT2D eigenvalue weighted by Crippen LogP contribution is 2.23.